The van der Waals surface area contributed by atoms with Crippen LogP contribution in [-0.2, 0) is 20.0 Å². The Morgan fingerprint density at radius 2 is 1.74 bits per heavy atom. The molecule has 1 N–H and O–H groups in total. The molecule has 97 valence electrons. The molecular formula is C9H6NaO8S. The van der Waals surface area contributed by atoms with Crippen LogP contribution < -0.4 is 34.7 Å². The molecule has 1 aromatic carbocycles. The normalized spacial score (nSPS) is 8.47. The number of carboxylic acids is 1. The van der Waals surface area contributed by atoms with Gasteiger partial charge in [-0.1, -0.05) is 12.1 Å². The van der Waals surface area contributed by atoms with E-state index in [0.717, 1.165) is 6.07 Å². The van der Waals surface area contributed by atoms with Crippen molar-refractivity contribution in [3.8, 4) is 0 Å². The van der Waals surface area contributed by atoms with Crippen LogP contribution >= 0.6 is 0 Å². The fourth-order valence-corrected chi connectivity index (χ4v) is 1.13. The maximum Gasteiger partial charge on any atom is 1.00 e. The molecule has 0 fully saturated rings. The monoisotopic (exact) mass is 297 g/mol. The molecule has 0 saturated heterocycles. The summed E-state index contributed by atoms with van der Waals surface area (Å²) in [7, 11) is -3.30. The van der Waals surface area contributed by atoms with Gasteiger partial charge in [-0.05, 0) is 17.7 Å². The number of rotatable bonds is 3. The average Bonchev–Trinajstić information content (AvgIpc) is 2.29. The topological polar surface area (TPSA) is 138 Å². The summed E-state index contributed by atoms with van der Waals surface area (Å²) in [6, 6.07) is 4.69. The van der Waals surface area contributed by atoms with Crippen LogP contribution in [-0.4, -0.2) is 31.9 Å². The minimum Gasteiger partial charge on any atom is -0.545 e. The van der Waals surface area contributed by atoms with Gasteiger partial charge < -0.3 is 19.2 Å². The van der Waals surface area contributed by atoms with Gasteiger partial charge >= 0.3 is 53.0 Å². The molecule has 1 aromatic rings. The van der Waals surface area contributed by atoms with Gasteiger partial charge in [0.25, 0.3) is 0 Å². The van der Waals surface area contributed by atoms with Gasteiger partial charge in [-0.15, -0.1) is 0 Å². The summed E-state index contributed by atoms with van der Waals surface area (Å²) < 4.78 is 24.0. The van der Waals surface area contributed by atoms with Gasteiger partial charge in [0.15, 0.2) is 0 Å². The van der Waals surface area contributed by atoms with Crippen LogP contribution in [0.15, 0.2) is 24.3 Å². The summed E-state index contributed by atoms with van der Waals surface area (Å²) in [5.41, 5.74) is -0.401. The van der Waals surface area contributed by atoms with Gasteiger partial charge in [0.05, 0.1) is 11.5 Å². The molecule has 0 aliphatic carbocycles. The summed E-state index contributed by atoms with van der Waals surface area (Å²) in [5.74, 6) is -2.59. The zero-order chi connectivity index (χ0) is 14.1. The van der Waals surface area contributed by atoms with Crippen molar-refractivity contribution in [2.75, 3.05) is 0 Å². The smallest absolute Gasteiger partial charge is 0.545 e. The molecule has 8 nitrogen and oxygen atoms in total. The van der Waals surface area contributed by atoms with Crippen LogP contribution in [0.25, 0.3) is 0 Å². The van der Waals surface area contributed by atoms with Gasteiger partial charge in [0.1, 0.15) is 0 Å². The standard InChI is InChI=1S/C8H6O6S.CHO2.Na/c9-7(10)5-2-1-3-6(4-5)8(11)14-15(12)13;2-1-3;/h1-4,15H,(H,9,10);(H,2,3);/q;;+1/p-1. The van der Waals surface area contributed by atoms with Crippen molar-refractivity contribution in [2.45, 2.75) is 0 Å². The van der Waals surface area contributed by atoms with E-state index in [2.05, 4.69) is 4.18 Å². The zero-order valence-corrected chi connectivity index (χ0v) is 12.5. The summed E-state index contributed by atoms with van der Waals surface area (Å²) in [6.07, 6.45) is 0. The van der Waals surface area contributed by atoms with Gasteiger partial charge in [0.2, 0.25) is 0 Å². The van der Waals surface area contributed by atoms with Crippen molar-refractivity contribution in [2.24, 2.45) is 0 Å². The molecular weight excluding hydrogens is 291 g/mol. The molecule has 0 aromatic heterocycles. The van der Waals surface area contributed by atoms with Gasteiger partial charge in [-0.3, -0.25) is 0 Å². The molecule has 0 saturated carbocycles. The first-order valence-electron chi connectivity index (χ1n) is 4.11. The molecule has 0 spiro atoms. The molecule has 0 bridgehead atoms. The van der Waals surface area contributed by atoms with Crippen molar-refractivity contribution >= 4 is 29.4 Å². The predicted molar refractivity (Wildman–Crippen MR) is 54.8 cm³/mol. The SMILES string of the molecule is O=C([O-])c1cccc(C(=O)O[SH](=O)=O)c1.O=[C]O.[Na+]. The molecule has 10 heteroatoms. The fourth-order valence-electron chi connectivity index (χ4n) is 0.894. The summed E-state index contributed by atoms with van der Waals surface area (Å²) in [5, 5.41) is 17.2. The number of hydrogen-bond acceptors (Lipinski definition) is 7. The fraction of sp³-hybridized carbons (Fsp3) is 0. The third-order valence-electron chi connectivity index (χ3n) is 1.49. The van der Waals surface area contributed by atoms with Crippen molar-refractivity contribution in [1.82, 2.24) is 0 Å². The molecule has 1 radical (unpaired) electrons. The quantitative estimate of drug-likeness (QED) is 0.419. The Bertz CT molecular complexity index is 517. The number of benzene rings is 1. The number of aliphatic hydroxyl groups excluding tert-OH is 1. The van der Waals surface area contributed by atoms with E-state index < -0.39 is 22.9 Å². The van der Waals surface area contributed by atoms with E-state index in [0.29, 0.717) is 6.47 Å². The minimum absolute atomic E-state index is 0. The molecule has 0 aliphatic heterocycles. The second-order valence-electron chi connectivity index (χ2n) is 2.56. The first kappa shape index (κ1) is 19.9. The van der Waals surface area contributed by atoms with Crippen LogP contribution in [0.1, 0.15) is 20.7 Å². The Balaban J connectivity index is 0. The van der Waals surface area contributed by atoms with Crippen LogP contribution in [0.5, 0.6) is 0 Å². The number of hydrogen-bond donors (Lipinski definition) is 2. The van der Waals surface area contributed by atoms with Crippen LogP contribution in [0.4, 0.5) is 0 Å². The van der Waals surface area contributed by atoms with Crippen molar-refractivity contribution < 1.29 is 66.8 Å². The molecule has 0 aliphatic rings. The summed E-state index contributed by atoms with van der Waals surface area (Å²) in [6.45, 7) is 0.500. The number of carbonyl (C=O) groups excluding carboxylic acids is 2. The number of aromatic carboxylic acids is 1. The maximum atomic E-state index is 11.0. The number of carboxylic acid groups (broad SMARTS) is 1. The van der Waals surface area contributed by atoms with E-state index in [-0.39, 0.29) is 40.7 Å². The largest absolute Gasteiger partial charge is 1.00 e. The van der Waals surface area contributed by atoms with Gasteiger partial charge in [-0.25, -0.2) is 9.59 Å². The second kappa shape index (κ2) is 10.5. The third-order valence-corrected chi connectivity index (χ3v) is 1.81. The predicted octanol–water partition coefficient (Wildman–Crippen LogP) is -4.65. The van der Waals surface area contributed by atoms with Crippen molar-refractivity contribution in [3.63, 3.8) is 0 Å². The Morgan fingerprint density at radius 3 is 2.16 bits per heavy atom. The van der Waals surface area contributed by atoms with E-state index in [4.69, 9.17) is 9.90 Å². The van der Waals surface area contributed by atoms with Crippen LogP contribution in [0.3, 0.4) is 0 Å². The Kier molecular flexibility index (Phi) is 11.0. The maximum absolute atomic E-state index is 11.0. The van der Waals surface area contributed by atoms with E-state index in [9.17, 15) is 23.1 Å². The third kappa shape index (κ3) is 8.32. The first-order valence-corrected chi connectivity index (χ1v) is 5.21. The molecule has 0 unspecified atom stereocenters. The number of thiol groups is 1. The zero-order valence-electron chi connectivity index (χ0n) is 9.56. The Labute approximate surface area is 131 Å². The van der Waals surface area contributed by atoms with Gasteiger partial charge in [0, 0.05) is 0 Å². The van der Waals surface area contributed by atoms with Crippen LogP contribution in [0.2, 0.25) is 0 Å². The molecule has 0 atom stereocenters. The van der Waals surface area contributed by atoms with Crippen molar-refractivity contribution in [1.29, 1.82) is 0 Å². The van der Waals surface area contributed by atoms with Crippen molar-refractivity contribution in [3.05, 3.63) is 35.4 Å². The second-order valence-corrected chi connectivity index (χ2v) is 3.19. The summed E-state index contributed by atoms with van der Waals surface area (Å²) >= 11 is 0. The molecule has 0 heterocycles. The van der Waals surface area contributed by atoms with E-state index in [1.54, 1.807) is 0 Å². The van der Waals surface area contributed by atoms with E-state index in [1.165, 1.54) is 18.2 Å². The van der Waals surface area contributed by atoms with Gasteiger partial charge in [-0.2, -0.15) is 8.42 Å². The Hall–Kier alpha value is -1.42. The van der Waals surface area contributed by atoms with Crippen LogP contribution in [0, 0.1) is 0 Å². The minimum atomic E-state index is -3.30. The molecule has 0 amide bonds. The Morgan fingerprint density at radius 1 is 1.26 bits per heavy atom. The number of carbonyl (C=O) groups is 2. The van der Waals surface area contributed by atoms with E-state index >= 15 is 0 Å². The average molecular weight is 297 g/mol. The molecule has 19 heavy (non-hydrogen) atoms. The van der Waals surface area contributed by atoms with E-state index in [1.807, 2.05) is 0 Å². The molecule has 1 rings (SSSR count). The summed E-state index contributed by atoms with van der Waals surface area (Å²) in [4.78, 5) is 29.7. The first-order chi connectivity index (χ1) is 8.42.